The highest BCUT2D eigenvalue weighted by atomic mass is 32.2. The van der Waals surface area contributed by atoms with Gasteiger partial charge in [0, 0.05) is 25.3 Å². The average molecular weight is 402 g/mol. The first-order valence-electron chi connectivity index (χ1n) is 9.96. The summed E-state index contributed by atoms with van der Waals surface area (Å²) in [7, 11) is -3.51. The van der Waals surface area contributed by atoms with Gasteiger partial charge in [-0.25, -0.2) is 13.4 Å². The average Bonchev–Trinajstić information content (AvgIpc) is 2.74. The summed E-state index contributed by atoms with van der Waals surface area (Å²) in [5, 5.41) is 3.38. The Morgan fingerprint density at radius 1 is 1.07 bits per heavy atom. The lowest BCUT2D eigenvalue weighted by atomic mass is 9.89. The number of nitrogens with zero attached hydrogens (tertiary/aromatic N) is 2. The fourth-order valence-electron chi connectivity index (χ4n) is 3.88. The van der Waals surface area contributed by atoms with Crippen LogP contribution in [-0.2, 0) is 27.6 Å². The molecule has 1 N–H and O–H groups in total. The largest absolute Gasteiger partial charge is 0.379 e. The van der Waals surface area contributed by atoms with Crippen molar-refractivity contribution in [1.29, 1.82) is 0 Å². The van der Waals surface area contributed by atoms with Gasteiger partial charge in [-0.15, -0.1) is 0 Å². The van der Waals surface area contributed by atoms with Crippen molar-refractivity contribution in [1.82, 2.24) is 9.29 Å². The van der Waals surface area contributed by atoms with Crippen LogP contribution in [0.5, 0.6) is 0 Å². The molecule has 28 heavy (non-hydrogen) atoms. The molecule has 0 spiro atoms. The monoisotopic (exact) mass is 401 g/mol. The van der Waals surface area contributed by atoms with Gasteiger partial charge in [-0.2, -0.15) is 4.31 Å². The number of benzene rings is 1. The maximum Gasteiger partial charge on any atom is 0.244 e. The van der Waals surface area contributed by atoms with E-state index in [4.69, 9.17) is 4.74 Å². The fourth-order valence-corrected chi connectivity index (χ4v) is 5.24. The summed E-state index contributed by atoms with van der Waals surface area (Å²) in [5.41, 5.74) is 4.16. The molecule has 1 fully saturated rings. The number of morpholine rings is 1. The maximum absolute atomic E-state index is 12.7. The first kappa shape index (κ1) is 19.4. The van der Waals surface area contributed by atoms with Gasteiger partial charge in [0.2, 0.25) is 10.0 Å². The molecule has 2 aliphatic rings. The summed E-state index contributed by atoms with van der Waals surface area (Å²) in [6.07, 6.45) is 6.32. The van der Waals surface area contributed by atoms with Crippen LogP contribution in [-0.4, -0.2) is 44.0 Å². The number of nitrogens with one attached hydrogen (secondary N) is 1. The van der Waals surface area contributed by atoms with E-state index in [1.54, 1.807) is 12.1 Å². The number of anilines is 1. The summed E-state index contributed by atoms with van der Waals surface area (Å²) in [5.74, 6) is 0.672. The zero-order chi connectivity index (χ0) is 19.6. The Balaban J connectivity index is 1.45. The third kappa shape index (κ3) is 4.06. The number of pyridine rings is 1. The van der Waals surface area contributed by atoms with E-state index in [9.17, 15) is 8.42 Å². The Bertz CT molecular complexity index is 922. The zero-order valence-electron chi connectivity index (χ0n) is 16.2. The van der Waals surface area contributed by atoms with Crippen LogP contribution in [0.15, 0.2) is 41.4 Å². The number of aryl methyl sites for hydroxylation is 2. The molecule has 1 saturated heterocycles. The van der Waals surface area contributed by atoms with E-state index in [1.165, 1.54) is 46.5 Å². The summed E-state index contributed by atoms with van der Waals surface area (Å²) >= 11 is 0. The second-order valence-electron chi connectivity index (χ2n) is 7.50. The smallest absolute Gasteiger partial charge is 0.244 e. The van der Waals surface area contributed by atoms with Crippen molar-refractivity contribution in [2.24, 2.45) is 0 Å². The molecular weight excluding hydrogens is 374 g/mol. The van der Waals surface area contributed by atoms with E-state index in [-0.39, 0.29) is 10.9 Å². The minimum Gasteiger partial charge on any atom is -0.379 e. The van der Waals surface area contributed by atoms with Crippen LogP contribution in [0.25, 0.3) is 0 Å². The van der Waals surface area contributed by atoms with Crippen LogP contribution in [0.1, 0.15) is 42.5 Å². The van der Waals surface area contributed by atoms with Gasteiger partial charge < -0.3 is 10.1 Å². The number of sulfonamides is 1. The van der Waals surface area contributed by atoms with Gasteiger partial charge in [0.25, 0.3) is 0 Å². The Labute approximate surface area is 167 Å². The molecule has 7 heteroatoms. The molecule has 0 bridgehead atoms. The van der Waals surface area contributed by atoms with Gasteiger partial charge in [0.15, 0.2) is 0 Å². The summed E-state index contributed by atoms with van der Waals surface area (Å²) < 4.78 is 32.1. The highest BCUT2D eigenvalue weighted by Crippen LogP contribution is 2.26. The highest BCUT2D eigenvalue weighted by molar-refractivity contribution is 7.89. The van der Waals surface area contributed by atoms with Crippen LogP contribution < -0.4 is 5.32 Å². The third-order valence-corrected chi connectivity index (χ3v) is 7.46. The van der Waals surface area contributed by atoms with Crippen molar-refractivity contribution in [3.63, 3.8) is 0 Å². The highest BCUT2D eigenvalue weighted by Gasteiger charge is 2.26. The molecular formula is C21H27N3O3S. The van der Waals surface area contributed by atoms with Gasteiger partial charge in [-0.3, -0.25) is 0 Å². The van der Waals surface area contributed by atoms with Crippen molar-refractivity contribution in [2.75, 3.05) is 31.6 Å². The van der Waals surface area contributed by atoms with E-state index >= 15 is 0 Å². The summed E-state index contributed by atoms with van der Waals surface area (Å²) in [6, 6.07) is 10.2. The first-order chi connectivity index (χ1) is 13.5. The Morgan fingerprint density at radius 3 is 2.54 bits per heavy atom. The molecule has 0 saturated carbocycles. The van der Waals surface area contributed by atoms with Gasteiger partial charge in [0.05, 0.1) is 13.2 Å². The van der Waals surface area contributed by atoms with Gasteiger partial charge in [0.1, 0.15) is 10.7 Å². The number of hydrogen-bond donors (Lipinski definition) is 1. The van der Waals surface area contributed by atoms with Crippen molar-refractivity contribution in [2.45, 2.75) is 43.5 Å². The molecule has 1 aliphatic heterocycles. The van der Waals surface area contributed by atoms with Crippen molar-refractivity contribution >= 4 is 15.8 Å². The Hall–Kier alpha value is -1.96. The second-order valence-corrected chi connectivity index (χ2v) is 9.43. The number of aromatic nitrogens is 1. The number of ether oxygens (including phenoxy) is 1. The molecule has 1 aromatic heterocycles. The molecule has 4 rings (SSSR count). The number of hydrogen-bond acceptors (Lipinski definition) is 5. The standard InChI is InChI=1S/C21H27N3O3S/c1-16(18-7-6-17-4-2-3-5-19(17)14-18)23-21-9-8-20(15-22-21)28(25,26)24-10-12-27-13-11-24/h6-9,14-16H,2-5,10-13H2,1H3,(H,22,23)/t16-/m0/s1. The second kappa shape index (κ2) is 8.19. The molecule has 6 nitrogen and oxygen atoms in total. The normalized spacial score (nSPS) is 19.0. The van der Waals surface area contributed by atoms with Crippen LogP contribution in [0.4, 0.5) is 5.82 Å². The third-order valence-electron chi connectivity index (χ3n) is 5.58. The molecule has 0 unspecified atom stereocenters. The predicted molar refractivity (Wildman–Crippen MR) is 109 cm³/mol. The lowest BCUT2D eigenvalue weighted by Crippen LogP contribution is -2.40. The molecule has 2 heterocycles. The van der Waals surface area contributed by atoms with Crippen LogP contribution in [0.3, 0.4) is 0 Å². The van der Waals surface area contributed by atoms with Crippen LogP contribution >= 0.6 is 0 Å². The maximum atomic E-state index is 12.7. The van der Waals surface area contributed by atoms with Crippen molar-refractivity contribution < 1.29 is 13.2 Å². The number of rotatable bonds is 5. The summed E-state index contributed by atoms with van der Waals surface area (Å²) in [4.78, 5) is 4.57. The summed E-state index contributed by atoms with van der Waals surface area (Å²) in [6.45, 7) is 3.75. The van der Waals surface area contributed by atoms with Crippen molar-refractivity contribution in [3.05, 3.63) is 53.2 Å². The van der Waals surface area contributed by atoms with E-state index < -0.39 is 10.0 Å². The Morgan fingerprint density at radius 2 is 1.82 bits per heavy atom. The van der Waals surface area contributed by atoms with Crippen molar-refractivity contribution in [3.8, 4) is 0 Å². The van der Waals surface area contributed by atoms with E-state index in [0.29, 0.717) is 32.1 Å². The minimum absolute atomic E-state index is 0.0985. The quantitative estimate of drug-likeness (QED) is 0.833. The molecule has 0 amide bonds. The van der Waals surface area contributed by atoms with E-state index in [2.05, 4.69) is 35.4 Å². The van der Waals surface area contributed by atoms with Crippen LogP contribution in [0, 0.1) is 0 Å². The molecule has 0 radical (unpaired) electrons. The van der Waals surface area contributed by atoms with Gasteiger partial charge >= 0.3 is 0 Å². The molecule has 2 aromatic rings. The Kier molecular flexibility index (Phi) is 5.66. The zero-order valence-corrected chi connectivity index (χ0v) is 17.0. The van der Waals surface area contributed by atoms with Crippen LogP contribution in [0.2, 0.25) is 0 Å². The predicted octanol–water partition coefficient (Wildman–Crippen LogP) is 3.15. The van der Waals surface area contributed by atoms with E-state index in [0.717, 1.165) is 6.42 Å². The fraction of sp³-hybridized carbons (Fsp3) is 0.476. The molecule has 1 atom stereocenters. The first-order valence-corrected chi connectivity index (χ1v) is 11.4. The topological polar surface area (TPSA) is 71.5 Å². The molecule has 150 valence electrons. The van der Waals surface area contributed by atoms with Gasteiger partial charge in [-0.05, 0) is 61.4 Å². The minimum atomic E-state index is -3.51. The van der Waals surface area contributed by atoms with E-state index in [1.807, 2.05) is 0 Å². The molecule has 1 aromatic carbocycles. The number of fused-ring (bicyclic) bond motifs is 1. The lowest BCUT2D eigenvalue weighted by Gasteiger charge is -2.26. The lowest BCUT2D eigenvalue weighted by molar-refractivity contribution is 0.0730. The SMILES string of the molecule is C[C@H](Nc1ccc(S(=O)(=O)N2CCOCC2)cn1)c1ccc2c(c1)CCCC2. The molecule has 1 aliphatic carbocycles. The van der Waals surface area contributed by atoms with Gasteiger partial charge in [-0.1, -0.05) is 18.2 Å².